The molecule has 2 unspecified atom stereocenters. The monoisotopic (exact) mass is 357 g/mol. The Labute approximate surface area is 130 Å². The maximum Gasteiger partial charge on any atom is 0.285 e. The predicted molar refractivity (Wildman–Crippen MR) is 81.2 cm³/mol. The molecule has 1 aliphatic rings. The molecule has 1 amide bonds. The smallest absolute Gasteiger partial charge is 0.285 e. The van der Waals surface area contributed by atoms with Crippen molar-refractivity contribution in [2.24, 2.45) is 5.92 Å². The van der Waals surface area contributed by atoms with E-state index in [-0.39, 0.29) is 23.6 Å². The van der Waals surface area contributed by atoms with E-state index in [9.17, 15) is 14.9 Å². The van der Waals surface area contributed by atoms with Crippen molar-refractivity contribution in [3.8, 4) is 0 Å². The Morgan fingerprint density at radius 2 is 2.29 bits per heavy atom. The Balaban J connectivity index is 2.09. The minimum Gasteiger partial charge on any atom is -0.379 e. The summed E-state index contributed by atoms with van der Waals surface area (Å²) in [5, 5.41) is 16.8. The Morgan fingerprint density at radius 3 is 2.95 bits per heavy atom. The summed E-state index contributed by atoms with van der Waals surface area (Å²) >= 11 is 3.11. The topological polar surface area (TPSA) is 93.5 Å². The number of carbonyl (C=O) groups excluding carboxylic acids is 1. The summed E-state index contributed by atoms with van der Waals surface area (Å²) < 4.78 is 5.70. The van der Waals surface area contributed by atoms with Crippen LogP contribution in [-0.4, -0.2) is 36.6 Å². The van der Waals surface area contributed by atoms with Crippen molar-refractivity contribution in [3.63, 3.8) is 0 Å². The first kappa shape index (κ1) is 15.9. The largest absolute Gasteiger partial charge is 0.379 e. The van der Waals surface area contributed by atoms with Crippen molar-refractivity contribution in [1.29, 1.82) is 0 Å². The fourth-order valence-corrected chi connectivity index (χ4v) is 2.63. The third-order valence-corrected chi connectivity index (χ3v) is 3.96. The number of nitro benzene ring substituents is 1. The van der Waals surface area contributed by atoms with Gasteiger partial charge in [0.05, 0.1) is 28.5 Å². The van der Waals surface area contributed by atoms with E-state index in [2.05, 4.69) is 26.6 Å². The fourth-order valence-electron chi connectivity index (χ4n) is 2.24. The van der Waals surface area contributed by atoms with Crippen LogP contribution >= 0.6 is 15.9 Å². The van der Waals surface area contributed by atoms with Crippen LogP contribution in [0.5, 0.6) is 0 Å². The van der Waals surface area contributed by atoms with Gasteiger partial charge in [0, 0.05) is 17.8 Å². The molecule has 0 saturated carbocycles. The number of amides is 1. The zero-order valence-electron chi connectivity index (χ0n) is 11.5. The second-order valence-electron chi connectivity index (χ2n) is 4.72. The van der Waals surface area contributed by atoms with E-state index in [1.54, 1.807) is 12.1 Å². The van der Waals surface area contributed by atoms with Crippen molar-refractivity contribution < 1.29 is 14.5 Å². The number of hydrogen-bond donors (Lipinski definition) is 2. The average molecular weight is 358 g/mol. The summed E-state index contributed by atoms with van der Waals surface area (Å²) in [6.45, 7) is 3.56. The molecule has 1 heterocycles. The van der Waals surface area contributed by atoms with Crippen molar-refractivity contribution in [3.05, 3.63) is 32.8 Å². The van der Waals surface area contributed by atoms with Gasteiger partial charge in [-0.1, -0.05) is 6.92 Å². The molecule has 8 heteroatoms. The van der Waals surface area contributed by atoms with E-state index < -0.39 is 4.92 Å². The average Bonchev–Trinajstić information content (AvgIpc) is 2.89. The van der Waals surface area contributed by atoms with Crippen LogP contribution in [0.25, 0.3) is 0 Å². The minimum absolute atomic E-state index is 0.0274. The maximum atomic E-state index is 12.3. The number of nitrogens with zero attached hydrogens (tertiary/aromatic N) is 1. The van der Waals surface area contributed by atoms with Crippen LogP contribution in [0, 0.1) is 16.0 Å². The molecule has 0 aromatic heterocycles. The third kappa shape index (κ3) is 3.78. The molecule has 1 aromatic rings. The highest BCUT2D eigenvalue weighted by Gasteiger charge is 2.33. The molecular formula is C13H16BrN3O4. The molecule has 0 bridgehead atoms. The van der Waals surface area contributed by atoms with Gasteiger partial charge in [0.25, 0.3) is 5.69 Å². The predicted octanol–water partition coefficient (Wildman–Crippen LogP) is 1.92. The lowest BCUT2D eigenvalue weighted by Gasteiger charge is -2.17. The molecule has 21 heavy (non-hydrogen) atoms. The summed E-state index contributed by atoms with van der Waals surface area (Å²) in [5.41, 5.74) is 0.316. The van der Waals surface area contributed by atoms with Gasteiger partial charge in [0.15, 0.2) is 0 Å². The molecule has 1 saturated heterocycles. The van der Waals surface area contributed by atoms with E-state index in [0.29, 0.717) is 23.4 Å². The van der Waals surface area contributed by atoms with Gasteiger partial charge >= 0.3 is 0 Å². The lowest BCUT2D eigenvalue weighted by Crippen LogP contribution is -2.41. The van der Waals surface area contributed by atoms with Gasteiger partial charge in [-0.2, -0.15) is 0 Å². The van der Waals surface area contributed by atoms with Gasteiger partial charge in [-0.05, 0) is 34.6 Å². The van der Waals surface area contributed by atoms with Gasteiger partial charge in [-0.15, -0.1) is 0 Å². The molecule has 0 spiro atoms. The highest BCUT2D eigenvalue weighted by atomic mass is 79.9. The number of ether oxygens (including phenoxy) is 1. The zero-order valence-corrected chi connectivity index (χ0v) is 13.1. The van der Waals surface area contributed by atoms with Crippen LogP contribution in [0.4, 0.5) is 11.4 Å². The third-order valence-electron chi connectivity index (χ3n) is 3.29. The van der Waals surface area contributed by atoms with E-state index in [1.807, 2.05) is 6.92 Å². The van der Waals surface area contributed by atoms with E-state index in [0.717, 1.165) is 6.54 Å². The maximum absolute atomic E-state index is 12.3. The minimum atomic E-state index is -0.500. The lowest BCUT2D eigenvalue weighted by atomic mass is 10.0. The molecule has 0 radical (unpaired) electrons. The van der Waals surface area contributed by atoms with Crippen LogP contribution in [-0.2, 0) is 9.53 Å². The Hall–Kier alpha value is -1.51. The number of anilines is 1. The van der Waals surface area contributed by atoms with Crippen LogP contribution in [0.2, 0.25) is 0 Å². The molecular weight excluding hydrogens is 342 g/mol. The highest BCUT2D eigenvalue weighted by molar-refractivity contribution is 9.10. The molecule has 2 atom stereocenters. The molecule has 1 aliphatic heterocycles. The van der Waals surface area contributed by atoms with Crippen LogP contribution in [0.1, 0.15) is 6.92 Å². The summed E-state index contributed by atoms with van der Waals surface area (Å²) in [5.74, 6) is -0.497. The Morgan fingerprint density at radius 1 is 1.52 bits per heavy atom. The SMILES string of the molecule is CCNC1COCC1C(=O)Nc1ccc(Br)c([N+](=O)[O-])c1. The van der Waals surface area contributed by atoms with Gasteiger partial charge in [0.1, 0.15) is 0 Å². The van der Waals surface area contributed by atoms with Crippen molar-refractivity contribution in [2.45, 2.75) is 13.0 Å². The molecule has 7 nitrogen and oxygen atoms in total. The highest BCUT2D eigenvalue weighted by Crippen LogP contribution is 2.28. The van der Waals surface area contributed by atoms with Crippen molar-refractivity contribution in [1.82, 2.24) is 5.32 Å². The standard InChI is InChI=1S/C13H16BrN3O4/c1-2-15-11-7-21-6-9(11)13(18)16-8-3-4-10(14)12(5-8)17(19)20/h3-5,9,11,15H,2,6-7H2,1H3,(H,16,18). The van der Waals surface area contributed by atoms with Crippen LogP contribution in [0.3, 0.4) is 0 Å². The lowest BCUT2D eigenvalue weighted by molar-refractivity contribution is -0.385. The van der Waals surface area contributed by atoms with Gasteiger partial charge < -0.3 is 15.4 Å². The summed E-state index contributed by atoms with van der Waals surface area (Å²) in [7, 11) is 0. The first-order valence-corrected chi connectivity index (χ1v) is 7.38. The number of halogens is 1. The molecule has 1 fully saturated rings. The van der Waals surface area contributed by atoms with Crippen LogP contribution in [0.15, 0.2) is 22.7 Å². The number of carbonyl (C=O) groups is 1. The number of likely N-dealkylation sites (N-methyl/N-ethyl adjacent to an activating group) is 1. The number of rotatable bonds is 5. The van der Waals surface area contributed by atoms with Gasteiger partial charge in [-0.25, -0.2) is 0 Å². The first-order chi connectivity index (χ1) is 10.0. The number of nitro groups is 1. The summed E-state index contributed by atoms with van der Waals surface area (Å²) in [4.78, 5) is 22.6. The van der Waals surface area contributed by atoms with E-state index >= 15 is 0 Å². The fraction of sp³-hybridized carbons (Fsp3) is 0.462. The Bertz CT molecular complexity index is 552. The van der Waals surface area contributed by atoms with E-state index in [1.165, 1.54) is 6.07 Å². The summed E-state index contributed by atoms with van der Waals surface area (Å²) in [6.07, 6.45) is 0. The zero-order chi connectivity index (χ0) is 15.4. The number of hydrogen-bond acceptors (Lipinski definition) is 5. The molecule has 114 valence electrons. The van der Waals surface area contributed by atoms with E-state index in [4.69, 9.17) is 4.74 Å². The molecule has 0 aliphatic carbocycles. The Kier molecular flexibility index (Phi) is 5.27. The molecule has 1 aromatic carbocycles. The normalized spacial score (nSPS) is 21.2. The molecule has 2 rings (SSSR count). The number of nitrogens with one attached hydrogen (secondary N) is 2. The summed E-state index contributed by atoms with van der Waals surface area (Å²) in [6, 6.07) is 4.47. The first-order valence-electron chi connectivity index (χ1n) is 6.59. The van der Waals surface area contributed by atoms with Crippen molar-refractivity contribution in [2.75, 3.05) is 25.1 Å². The second kappa shape index (κ2) is 6.97. The van der Waals surface area contributed by atoms with Gasteiger partial charge in [0.2, 0.25) is 5.91 Å². The quantitative estimate of drug-likeness (QED) is 0.620. The molecule has 2 N–H and O–H groups in total. The van der Waals surface area contributed by atoms with Crippen molar-refractivity contribution >= 4 is 33.2 Å². The van der Waals surface area contributed by atoms with Gasteiger partial charge in [-0.3, -0.25) is 14.9 Å². The number of benzene rings is 1. The van der Waals surface area contributed by atoms with Crippen LogP contribution < -0.4 is 10.6 Å². The second-order valence-corrected chi connectivity index (χ2v) is 5.58.